The van der Waals surface area contributed by atoms with Gasteiger partial charge in [-0.05, 0) is 31.7 Å². The minimum Gasteiger partial charge on any atom is -0.441 e. The predicted octanol–water partition coefficient (Wildman–Crippen LogP) is 3.26. The molecule has 1 aromatic heterocycles. The lowest BCUT2D eigenvalue weighted by Gasteiger charge is -2.30. The Morgan fingerprint density at radius 3 is 2.65 bits per heavy atom. The molecule has 0 radical (unpaired) electrons. The average Bonchev–Trinajstić information content (AvgIpc) is 3.21. The summed E-state index contributed by atoms with van der Waals surface area (Å²) in [6.07, 6.45) is 4.84. The molecule has 2 aromatic rings. The molecule has 31 heavy (non-hydrogen) atoms. The van der Waals surface area contributed by atoms with Crippen LogP contribution in [0.25, 0.3) is 10.4 Å². The molecule has 1 saturated carbocycles. The van der Waals surface area contributed by atoms with E-state index in [1.807, 2.05) is 12.1 Å². The highest BCUT2D eigenvalue weighted by molar-refractivity contribution is 7.89. The molecule has 4 rings (SSSR count). The fourth-order valence-electron chi connectivity index (χ4n) is 3.89. The first-order valence-corrected chi connectivity index (χ1v) is 12.9. The molecule has 2 aliphatic rings. The molecule has 2 N–H and O–H groups in total. The Morgan fingerprint density at radius 2 is 1.97 bits per heavy atom. The summed E-state index contributed by atoms with van der Waals surface area (Å²) in [5.41, 5.74) is 0.672. The fourth-order valence-corrected chi connectivity index (χ4v) is 6.34. The standard InChI is InChI=1S/C21H27N3O5S2/c1-2-23-31(26,27)19-6-4-3-5-17(19)18-11-22-20(30-18)14-7-9-15(10-8-14)24-21(25)29-16-12-28-13-16/h3-6,11,14-16,23H,2,7-10,12-13H2,1H3,(H,24,25). The van der Waals surface area contributed by atoms with E-state index >= 15 is 0 Å². The van der Waals surface area contributed by atoms with Gasteiger partial charge in [0.25, 0.3) is 0 Å². The Kier molecular flexibility index (Phi) is 6.90. The quantitative estimate of drug-likeness (QED) is 0.650. The van der Waals surface area contributed by atoms with Crippen molar-refractivity contribution < 1.29 is 22.7 Å². The van der Waals surface area contributed by atoms with Gasteiger partial charge in [0.1, 0.15) is 0 Å². The number of benzene rings is 1. The van der Waals surface area contributed by atoms with Crippen LogP contribution < -0.4 is 10.0 Å². The maximum Gasteiger partial charge on any atom is 0.407 e. The first kappa shape index (κ1) is 22.2. The number of ether oxygens (including phenoxy) is 2. The Hall–Kier alpha value is -2.01. The van der Waals surface area contributed by atoms with Gasteiger partial charge in [-0.15, -0.1) is 11.3 Å². The van der Waals surface area contributed by atoms with Gasteiger partial charge in [0.2, 0.25) is 10.0 Å². The third-order valence-corrected chi connectivity index (χ3v) is 8.38. The van der Waals surface area contributed by atoms with Gasteiger partial charge >= 0.3 is 6.09 Å². The van der Waals surface area contributed by atoms with E-state index in [4.69, 9.17) is 9.47 Å². The van der Waals surface area contributed by atoms with Crippen LogP contribution in [-0.4, -0.2) is 51.4 Å². The third kappa shape index (κ3) is 5.25. The Morgan fingerprint density at radius 1 is 1.23 bits per heavy atom. The van der Waals surface area contributed by atoms with E-state index in [-0.39, 0.29) is 23.1 Å². The van der Waals surface area contributed by atoms with Crippen molar-refractivity contribution in [2.75, 3.05) is 19.8 Å². The number of sulfonamides is 1. The maximum absolute atomic E-state index is 12.6. The molecule has 1 aromatic carbocycles. The Bertz CT molecular complexity index is 1010. The monoisotopic (exact) mass is 465 g/mol. The van der Waals surface area contributed by atoms with Crippen LogP contribution in [0.5, 0.6) is 0 Å². The number of rotatable bonds is 7. The van der Waals surface area contributed by atoms with Crippen molar-refractivity contribution in [2.24, 2.45) is 0 Å². The second kappa shape index (κ2) is 9.64. The molecule has 1 aliphatic heterocycles. The van der Waals surface area contributed by atoms with Crippen LogP contribution in [-0.2, 0) is 19.5 Å². The highest BCUT2D eigenvalue weighted by atomic mass is 32.2. The van der Waals surface area contributed by atoms with Gasteiger partial charge < -0.3 is 14.8 Å². The molecule has 1 amide bonds. The van der Waals surface area contributed by atoms with E-state index in [2.05, 4.69) is 15.0 Å². The van der Waals surface area contributed by atoms with Crippen LogP contribution in [0.4, 0.5) is 4.79 Å². The lowest BCUT2D eigenvalue weighted by atomic mass is 9.86. The minimum atomic E-state index is -3.56. The molecule has 10 heteroatoms. The Balaban J connectivity index is 1.39. The van der Waals surface area contributed by atoms with Gasteiger partial charge in [0.05, 0.1) is 28.0 Å². The summed E-state index contributed by atoms with van der Waals surface area (Å²) in [6.45, 7) is 3.05. The highest BCUT2D eigenvalue weighted by Gasteiger charge is 2.28. The first-order valence-electron chi connectivity index (χ1n) is 10.6. The van der Waals surface area contributed by atoms with Gasteiger partial charge in [0, 0.05) is 30.3 Å². The molecule has 0 spiro atoms. The fraction of sp³-hybridized carbons (Fsp3) is 0.524. The summed E-state index contributed by atoms with van der Waals surface area (Å²) in [4.78, 5) is 17.7. The molecule has 2 fully saturated rings. The van der Waals surface area contributed by atoms with Crippen molar-refractivity contribution >= 4 is 27.5 Å². The zero-order chi connectivity index (χ0) is 21.8. The van der Waals surface area contributed by atoms with Gasteiger partial charge in [-0.1, -0.05) is 25.1 Å². The van der Waals surface area contributed by atoms with E-state index in [0.717, 1.165) is 35.6 Å². The molecule has 8 nitrogen and oxygen atoms in total. The van der Waals surface area contributed by atoms with Crippen molar-refractivity contribution in [3.8, 4) is 10.4 Å². The van der Waals surface area contributed by atoms with E-state index in [1.54, 1.807) is 36.6 Å². The van der Waals surface area contributed by atoms with Gasteiger partial charge in [-0.3, -0.25) is 0 Å². The molecule has 2 heterocycles. The van der Waals surface area contributed by atoms with Crippen LogP contribution in [0.1, 0.15) is 43.5 Å². The molecule has 168 valence electrons. The zero-order valence-electron chi connectivity index (χ0n) is 17.4. The van der Waals surface area contributed by atoms with E-state index in [0.29, 0.717) is 31.2 Å². The zero-order valence-corrected chi connectivity index (χ0v) is 19.0. The topological polar surface area (TPSA) is 107 Å². The molecule has 0 bridgehead atoms. The summed E-state index contributed by atoms with van der Waals surface area (Å²) >= 11 is 1.55. The summed E-state index contributed by atoms with van der Waals surface area (Å²) in [5.74, 6) is 0.311. The number of hydrogen-bond acceptors (Lipinski definition) is 7. The number of hydrogen-bond donors (Lipinski definition) is 2. The van der Waals surface area contributed by atoms with Crippen molar-refractivity contribution in [3.05, 3.63) is 35.5 Å². The van der Waals surface area contributed by atoms with E-state index in [9.17, 15) is 13.2 Å². The summed E-state index contributed by atoms with van der Waals surface area (Å²) in [7, 11) is -3.56. The first-order chi connectivity index (χ1) is 15.0. The van der Waals surface area contributed by atoms with Crippen LogP contribution >= 0.6 is 11.3 Å². The molecule has 1 saturated heterocycles. The number of alkyl carbamates (subject to hydrolysis) is 1. The minimum absolute atomic E-state index is 0.107. The molecule has 0 unspecified atom stereocenters. The van der Waals surface area contributed by atoms with Crippen LogP contribution in [0.3, 0.4) is 0 Å². The number of amides is 1. The van der Waals surface area contributed by atoms with Crippen molar-refractivity contribution in [3.63, 3.8) is 0 Å². The normalized spacial score (nSPS) is 22.0. The molecule has 1 aliphatic carbocycles. The summed E-state index contributed by atoms with van der Waals surface area (Å²) < 4.78 is 38.0. The van der Waals surface area contributed by atoms with Gasteiger partial charge in [-0.2, -0.15) is 0 Å². The molecular formula is C21H27N3O5S2. The number of thiazole rings is 1. The third-order valence-electron chi connectivity index (χ3n) is 5.58. The van der Waals surface area contributed by atoms with Gasteiger partial charge in [-0.25, -0.2) is 22.9 Å². The van der Waals surface area contributed by atoms with Crippen molar-refractivity contribution in [2.45, 2.75) is 55.6 Å². The lowest BCUT2D eigenvalue weighted by Crippen LogP contribution is -2.44. The summed E-state index contributed by atoms with van der Waals surface area (Å²) in [5, 5.41) is 3.96. The van der Waals surface area contributed by atoms with Crippen LogP contribution in [0.2, 0.25) is 0 Å². The largest absolute Gasteiger partial charge is 0.441 e. The predicted molar refractivity (Wildman–Crippen MR) is 118 cm³/mol. The SMILES string of the molecule is CCNS(=O)(=O)c1ccccc1-c1cnc(C2CCC(NC(=O)OC3COC3)CC2)s1. The molecule has 0 atom stereocenters. The summed E-state index contributed by atoms with van der Waals surface area (Å²) in [6, 6.07) is 7.12. The van der Waals surface area contributed by atoms with Crippen LogP contribution in [0.15, 0.2) is 35.4 Å². The number of carbonyl (C=O) groups excluding carboxylic acids is 1. The van der Waals surface area contributed by atoms with Crippen molar-refractivity contribution in [1.82, 2.24) is 15.0 Å². The van der Waals surface area contributed by atoms with E-state index in [1.165, 1.54) is 0 Å². The maximum atomic E-state index is 12.6. The van der Waals surface area contributed by atoms with Crippen molar-refractivity contribution in [1.29, 1.82) is 0 Å². The molecular weight excluding hydrogens is 438 g/mol. The average molecular weight is 466 g/mol. The van der Waals surface area contributed by atoms with Crippen LogP contribution in [0, 0.1) is 0 Å². The Labute approximate surface area is 186 Å². The smallest absolute Gasteiger partial charge is 0.407 e. The van der Waals surface area contributed by atoms with E-state index < -0.39 is 10.0 Å². The number of nitrogens with one attached hydrogen (secondary N) is 2. The lowest BCUT2D eigenvalue weighted by molar-refractivity contribution is -0.0985. The highest BCUT2D eigenvalue weighted by Crippen LogP contribution is 2.39. The number of aromatic nitrogens is 1. The number of nitrogens with zero attached hydrogens (tertiary/aromatic N) is 1. The van der Waals surface area contributed by atoms with Gasteiger partial charge in [0.15, 0.2) is 6.10 Å². The second-order valence-electron chi connectivity index (χ2n) is 7.82. The number of carbonyl (C=O) groups is 1. The second-order valence-corrected chi connectivity index (χ2v) is 10.6.